The molecule has 148 valence electrons. The maximum absolute atomic E-state index is 11.0. The number of hydrogen-bond donors (Lipinski definition) is 0. The molecule has 2 saturated carbocycles. The molecule has 0 bridgehead atoms. The van der Waals surface area contributed by atoms with Crippen LogP contribution in [0.25, 0.3) is 0 Å². The van der Waals surface area contributed by atoms with E-state index in [0.29, 0.717) is 24.1 Å². The van der Waals surface area contributed by atoms with Crippen molar-refractivity contribution < 1.29 is 14.3 Å². The summed E-state index contributed by atoms with van der Waals surface area (Å²) < 4.78 is 11.5. The Balaban J connectivity index is 1.59. The van der Waals surface area contributed by atoms with E-state index < -0.39 is 0 Å². The molecule has 0 spiro atoms. The lowest BCUT2D eigenvalue weighted by atomic mass is 9.88. The molecule has 1 aromatic heterocycles. The highest BCUT2D eigenvalue weighted by Crippen LogP contribution is 2.40. The molecule has 1 heterocycles. The summed E-state index contributed by atoms with van der Waals surface area (Å²) in [7, 11) is 1.60. The molecule has 2 fully saturated rings. The number of hydrogen-bond acceptors (Lipinski definition) is 6. The molecule has 0 aliphatic heterocycles. The van der Waals surface area contributed by atoms with Gasteiger partial charge in [0.2, 0.25) is 5.88 Å². The third-order valence-corrected chi connectivity index (χ3v) is 5.10. The first-order valence-electron chi connectivity index (χ1n) is 9.90. The van der Waals surface area contributed by atoms with Gasteiger partial charge in [-0.2, -0.15) is 5.11 Å². The highest BCUT2D eigenvalue weighted by atomic mass is 16.5. The van der Waals surface area contributed by atoms with Crippen LogP contribution in [0, 0.1) is 17.9 Å². The van der Waals surface area contributed by atoms with Gasteiger partial charge in [-0.25, -0.2) is 4.98 Å². The Labute approximate surface area is 166 Å². The largest absolute Gasteiger partial charge is 0.473 e. The Kier molecular flexibility index (Phi) is 7.18. The number of aldehydes is 1. The number of pyridine rings is 1. The maximum Gasteiger partial charge on any atom is 0.213 e. The molecule has 0 radical (unpaired) electrons. The topological polar surface area (TPSA) is 73.1 Å². The van der Waals surface area contributed by atoms with Crippen LogP contribution in [0.5, 0.6) is 5.88 Å². The van der Waals surface area contributed by atoms with Gasteiger partial charge >= 0.3 is 0 Å². The van der Waals surface area contributed by atoms with E-state index in [9.17, 15) is 4.79 Å². The van der Waals surface area contributed by atoms with Crippen molar-refractivity contribution in [3.63, 3.8) is 0 Å². The summed E-state index contributed by atoms with van der Waals surface area (Å²) in [6.07, 6.45) is 11.6. The number of ether oxygens (including phenoxy) is 2. The molecule has 0 N–H and O–H groups in total. The van der Waals surface area contributed by atoms with Gasteiger partial charge in [-0.3, -0.25) is 0 Å². The van der Waals surface area contributed by atoms with Crippen LogP contribution in [0.4, 0.5) is 0 Å². The van der Waals surface area contributed by atoms with Crippen LogP contribution >= 0.6 is 0 Å². The summed E-state index contributed by atoms with van der Waals surface area (Å²) in [5, 5.41) is 7.94. The van der Waals surface area contributed by atoms with Crippen molar-refractivity contribution in [2.24, 2.45) is 16.1 Å². The van der Waals surface area contributed by atoms with Crippen molar-refractivity contribution in [3.8, 4) is 17.9 Å². The molecular weight excluding hydrogens is 354 g/mol. The maximum atomic E-state index is 11.0. The zero-order valence-electron chi connectivity index (χ0n) is 16.6. The number of allylic oxidation sites excluding steroid dienone is 1. The zero-order chi connectivity index (χ0) is 19.8. The average molecular weight is 381 g/mol. The Morgan fingerprint density at radius 1 is 1.36 bits per heavy atom. The number of nitrogens with zero attached hydrogens (tertiary/aromatic N) is 3. The first-order valence-corrected chi connectivity index (χ1v) is 9.90. The Morgan fingerprint density at radius 3 is 2.96 bits per heavy atom. The first kappa shape index (κ1) is 20.1. The van der Waals surface area contributed by atoms with Gasteiger partial charge in [0.15, 0.2) is 0 Å². The Hall–Kier alpha value is -2.68. The van der Waals surface area contributed by atoms with E-state index in [0.717, 1.165) is 37.5 Å². The third kappa shape index (κ3) is 5.91. The summed E-state index contributed by atoms with van der Waals surface area (Å²) >= 11 is 0. The van der Waals surface area contributed by atoms with Gasteiger partial charge in [0.1, 0.15) is 30.8 Å². The van der Waals surface area contributed by atoms with Crippen LogP contribution in [0.15, 0.2) is 39.8 Å². The molecular formula is C22H27N3O3. The van der Waals surface area contributed by atoms with Gasteiger partial charge in [-0.1, -0.05) is 0 Å². The van der Waals surface area contributed by atoms with Crippen molar-refractivity contribution in [1.29, 1.82) is 0 Å². The quantitative estimate of drug-likeness (QED) is 0.398. The molecule has 6 heteroatoms. The van der Waals surface area contributed by atoms with E-state index in [4.69, 9.17) is 9.47 Å². The number of carbonyl (C=O) groups is 1. The van der Waals surface area contributed by atoms with Gasteiger partial charge in [-0.15, -0.1) is 5.11 Å². The van der Waals surface area contributed by atoms with E-state index in [2.05, 4.69) is 27.2 Å². The molecule has 2 aliphatic rings. The fourth-order valence-electron chi connectivity index (χ4n) is 3.31. The fourth-order valence-corrected chi connectivity index (χ4v) is 3.31. The van der Waals surface area contributed by atoms with Gasteiger partial charge in [0.25, 0.3) is 0 Å². The van der Waals surface area contributed by atoms with Crippen molar-refractivity contribution in [3.05, 3.63) is 35.2 Å². The van der Waals surface area contributed by atoms with Crippen LogP contribution < -0.4 is 4.74 Å². The standard InChI is InChI=1S/C22H27N3O3/c1-16(15-28-22-13-19(8-10-24-22)18-6-7-18)21(25-23-2)9-11-27-20-5-3-4-17(12-20)14-26/h8,10,13-14,17-18,20H,3-7,12,15H2,1-2H3/b21-16+,25-23?/t17?,20-/m0/s1. The van der Waals surface area contributed by atoms with Crippen LogP contribution in [-0.4, -0.2) is 31.0 Å². The second kappa shape index (κ2) is 10.0. The van der Waals surface area contributed by atoms with Crippen molar-refractivity contribution in [1.82, 2.24) is 4.98 Å². The van der Waals surface area contributed by atoms with Crippen LogP contribution in [0.1, 0.15) is 56.9 Å². The van der Waals surface area contributed by atoms with E-state index in [-0.39, 0.29) is 12.0 Å². The summed E-state index contributed by atoms with van der Waals surface area (Å²) in [6.45, 7) is 2.24. The lowest BCUT2D eigenvalue weighted by Crippen LogP contribution is -2.22. The van der Waals surface area contributed by atoms with Gasteiger partial charge in [0.05, 0.1) is 0 Å². The van der Waals surface area contributed by atoms with Crippen molar-refractivity contribution >= 4 is 6.29 Å². The molecule has 2 aliphatic carbocycles. The molecule has 0 saturated heterocycles. The third-order valence-electron chi connectivity index (χ3n) is 5.10. The second-order valence-electron chi connectivity index (χ2n) is 7.45. The Morgan fingerprint density at radius 2 is 2.21 bits per heavy atom. The second-order valence-corrected chi connectivity index (χ2v) is 7.45. The van der Waals surface area contributed by atoms with E-state index >= 15 is 0 Å². The van der Waals surface area contributed by atoms with Gasteiger partial charge in [-0.05, 0) is 68.9 Å². The van der Waals surface area contributed by atoms with Crippen molar-refractivity contribution in [2.45, 2.75) is 57.5 Å². The molecule has 28 heavy (non-hydrogen) atoms. The lowest BCUT2D eigenvalue weighted by molar-refractivity contribution is -0.113. The highest BCUT2D eigenvalue weighted by molar-refractivity contribution is 5.53. The first-order chi connectivity index (χ1) is 13.7. The molecule has 1 aromatic rings. The predicted octanol–water partition coefficient (Wildman–Crippen LogP) is 4.43. The summed E-state index contributed by atoms with van der Waals surface area (Å²) in [6, 6.07) is 4.06. The lowest BCUT2D eigenvalue weighted by Gasteiger charge is -2.23. The Bertz CT molecular complexity index is 803. The molecule has 0 aromatic carbocycles. The minimum absolute atomic E-state index is 0.00202. The monoisotopic (exact) mass is 381 g/mol. The smallest absolute Gasteiger partial charge is 0.213 e. The summed E-state index contributed by atoms with van der Waals surface area (Å²) in [5.41, 5.74) is 2.67. The van der Waals surface area contributed by atoms with Gasteiger partial charge in [0, 0.05) is 30.8 Å². The fraction of sp³-hybridized carbons (Fsp3) is 0.545. The average Bonchev–Trinajstić information content (AvgIpc) is 3.57. The van der Waals surface area contributed by atoms with E-state index in [1.54, 1.807) is 13.2 Å². The zero-order valence-corrected chi connectivity index (χ0v) is 16.6. The molecule has 0 amide bonds. The molecule has 2 atom stereocenters. The van der Waals surface area contributed by atoms with E-state index in [1.807, 2.05) is 19.1 Å². The summed E-state index contributed by atoms with van der Waals surface area (Å²) in [4.78, 5) is 15.2. The normalized spacial score (nSPS) is 22.8. The minimum Gasteiger partial charge on any atom is -0.473 e. The number of azo groups is 1. The van der Waals surface area contributed by atoms with Crippen LogP contribution in [0.2, 0.25) is 0 Å². The van der Waals surface area contributed by atoms with Crippen LogP contribution in [0.3, 0.4) is 0 Å². The minimum atomic E-state index is 0.00202. The predicted molar refractivity (Wildman–Crippen MR) is 106 cm³/mol. The number of carbonyl (C=O) groups excluding carboxylic acids is 1. The molecule has 6 nitrogen and oxygen atoms in total. The SMILES string of the molecule is CN=N/C(C#CO[C@H]1CCCC(C=O)C1)=C(\C)COc1cc(C2CC2)ccn1. The molecule has 3 rings (SSSR count). The molecule has 1 unspecified atom stereocenters. The number of rotatable bonds is 7. The van der Waals surface area contributed by atoms with Crippen molar-refractivity contribution in [2.75, 3.05) is 13.7 Å². The van der Waals surface area contributed by atoms with E-state index in [1.165, 1.54) is 18.4 Å². The van der Waals surface area contributed by atoms with Gasteiger partial charge < -0.3 is 14.3 Å². The van der Waals surface area contributed by atoms with Crippen LogP contribution in [-0.2, 0) is 9.53 Å². The summed E-state index contributed by atoms with van der Waals surface area (Å²) in [5.74, 6) is 4.29. The number of aromatic nitrogens is 1. The highest BCUT2D eigenvalue weighted by Gasteiger charge is 2.24.